The molecule has 8 aliphatic carbocycles. The highest BCUT2D eigenvalue weighted by molar-refractivity contribution is 6.18. The van der Waals surface area contributed by atoms with E-state index in [1.807, 2.05) is 30.3 Å². The van der Waals surface area contributed by atoms with Gasteiger partial charge in [0.2, 0.25) is 11.8 Å². The number of hydrogen-bond donors (Lipinski definition) is 0. The van der Waals surface area contributed by atoms with Crippen LogP contribution in [0.15, 0.2) is 30.3 Å². The number of amides is 2. The Bertz CT molecular complexity index is 792. The van der Waals surface area contributed by atoms with Crippen LogP contribution < -0.4 is 4.90 Å². The van der Waals surface area contributed by atoms with E-state index < -0.39 is 0 Å². The molecule has 8 bridgehead atoms. The number of rotatable bonds is 3. The number of imide groups is 1. The van der Waals surface area contributed by atoms with Gasteiger partial charge in [-0.1, -0.05) is 18.2 Å². The van der Waals surface area contributed by atoms with Crippen LogP contribution in [-0.4, -0.2) is 11.8 Å². The van der Waals surface area contributed by atoms with Gasteiger partial charge in [-0.3, -0.25) is 9.59 Å². The maximum atomic E-state index is 14.4. The van der Waals surface area contributed by atoms with Crippen molar-refractivity contribution in [3.8, 4) is 0 Å². The van der Waals surface area contributed by atoms with Crippen LogP contribution in [0.2, 0.25) is 0 Å². The van der Waals surface area contributed by atoms with Gasteiger partial charge in [-0.15, -0.1) is 0 Å². The third kappa shape index (κ3) is 2.77. The normalized spacial score (nSPS) is 46.3. The molecule has 164 valence electrons. The SMILES string of the molecule is O=C(N(C(=O)C12CC3CC(CC(C3)C1)C2)c1ccccc1)C12CC3CC(CC(C3)C1)C2. The Morgan fingerprint density at radius 1 is 0.581 bits per heavy atom. The lowest BCUT2D eigenvalue weighted by atomic mass is 9.48. The molecule has 9 rings (SSSR count). The van der Waals surface area contributed by atoms with Crippen molar-refractivity contribution in [2.45, 2.75) is 77.0 Å². The summed E-state index contributed by atoms with van der Waals surface area (Å²) in [5.41, 5.74) is 0.273. The van der Waals surface area contributed by atoms with E-state index in [1.165, 1.54) is 38.5 Å². The molecule has 8 fully saturated rings. The summed E-state index contributed by atoms with van der Waals surface area (Å²) < 4.78 is 0. The van der Waals surface area contributed by atoms with E-state index in [2.05, 4.69) is 0 Å². The third-order valence-electron chi connectivity index (χ3n) is 10.4. The molecule has 1 aromatic rings. The van der Waals surface area contributed by atoms with Crippen molar-refractivity contribution in [3.63, 3.8) is 0 Å². The highest BCUT2D eigenvalue weighted by atomic mass is 16.2. The molecular formula is C28H35NO2. The van der Waals surface area contributed by atoms with Gasteiger partial charge in [-0.25, -0.2) is 4.90 Å². The summed E-state index contributed by atoms with van der Waals surface area (Å²) in [7, 11) is 0. The molecule has 2 amide bonds. The van der Waals surface area contributed by atoms with Crippen LogP contribution in [0.5, 0.6) is 0 Å². The average Bonchev–Trinajstić information content (AvgIpc) is 2.73. The van der Waals surface area contributed by atoms with Crippen molar-refractivity contribution in [2.75, 3.05) is 4.90 Å². The number of hydrogen-bond acceptors (Lipinski definition) is 2. The van der Waals surface area contributed by atoms with Gasteiger partial charge in [0.15, 0.2) is 0 Å². The Balaban J connectivity index is 1.28. The van der Waals surface area contributed by atoms with Gasteiger partial charge in [-0.05, 0) is 125 Å². The Labute approximate surface area is 186 Å². The van der Waals surface area contributed by atoms with Crippen LogP contribution in [-0.2, 0) is 9.59 Å². The Morgan fingerprint density at radius 3 is 1.23 bits per heavy atom. The standard InChI is InChI=1S/C28H35NO2/c30-25(27-12-18-6-19(13-27)8-20(7-18)14-27)29(24-4-2-1-3-5-24)26(31)28-15-21-9-22(16-28)11-23(10-21)17-28/h1-5,18-23H,6-17H2. The van der Waals surface area contributed by atoms with Crippen LogP contribution >= 0.6 is 0 Å². The number of carbonyl (C=O) groups is 2. The number of anilines is 1. The molecule has 3 nitrogen and oxygen atoms in total. The van der Waals surface area contributed by atoms with Gasteiger partial charge in [0.25, 0.3) is 0 Å². The number of benzene rings is 1. The first-order chi connectivity index (χ1) is 15.0. The summed E-state index contributed by atoms with van der Waals surface area (Å²) in [4.78, 5) is 30.6. The van der Waals surface area contributed by atoms with Gasteiger partial charge >= 0.3 is 0 Å². The molecule has 0 N–H and O–H groups in total. The molecule has 1 aromatic carbocycles. The first-order valence-corrected chi connectivity index (χ1v) is 13.0. The predicted molar refractivity (Wildman–Crippen MR) is 120 cm³/mol. The monoisotopic (exact) mass is 417 g/mol. The van der Waals surface area contributed by atoms with Gasteiger partial charge in [0.1, 0.15) is 0 Å². The minimum absolute atomic E-state index is 0.165. The fourth-order valence-electron chi connectivity index (χ4n) is 10.1. The molecule has 31 heavy (non-hydrogen) atoms. The molecule has 8 saturated carbocycles. The molecule has 0 aromatic heterocycles. The van der Waals surface area contributed by atoms with E-state index in [1.54, 1.807) is 4.90 Å². The summed E-state index contributed by atoms with van der Waals surface area (Å²) >= 11 is 0. The van der Waals surface area contributed by atoms with Gasteiger partial charge in [-0.2, -0.15) is 0 Å². The van der Waals surface area contributed by atoms with E-state index in [9.17, 15) is 9.59 Å². The summed E-state index contributed by atoms with van der Waals surface area (Å²) in [6, 6.07) is 9.96. The summed E-state index contributed by atoms with van der Waals surface area (Å²) in [6.07, 6.45) is 14.1. The van der Waals surface area contributed by atoms with Crippen LogP contribution in [0.1, 0.15) is 77.0 Å². The van der Waals surface area contributed by atoms with Crippen molar-refractivity contribution in [3.05, 3.63) is 30.3 Å². The smallest absolute Gasteiger partial charge is 0.240 e. The predicted octanol–water partition coefficient (Wildman–Crippen LogP) is 5.98. The molecule has 0 heterocycles. The first-order valence-electron chi connectivity index (χ1n) is 13.0. The Kier molecular flexibility index (Phi) is 3.93. The van der Waals surface area contributed by atoms with Crippen LogP contribution in [0.3, 0.4) is 0 Å². The molecule has 0 aliphatic heterocycles. The van der Waals surface area contributed by atoms with Crippen molar-refractivity contribution in [1.29, 1.82) is 0 Å². The summed E-state index contributed by atoms with van der Waals surface area (Å²) in [6.45, 7) is 0. The molecule has 0 atom stereocenters. The van der Waals surface area contributed by atoms with E-state index in [0.717, 1.165) is 44.2 Å². The van der Waals surface area contributed by atoms with Gasteiger partial charge in [0.05, 0.1) is 16.5 Å². The lowest BCUT2D eigenvalue weighted by molar-refractivity contribution is -0.153. The number of para-hydroxylation sites is 1. The summed E-state index contributed by atoms with van der Waals surface area (Å²) in [5.74, 6) is 4.59. The second-order valence-electron chi connectivity index (χ2n) is 12.7. The second kappa shape index (κ2) is 6.45. The molecule has 0 unspecified atom stereocenters. The third-order valence-corrected chi connectivity index (χ3v) is 10.4. The zero-order valence-corrected chi connectivity index (χ0v) is 18.6. The maximum Gasteiger partial charge on any atom is 0.240 e. The molecular weight excluding hydrogens is 382 g/mol. The van der Waals surface area contributed by atoms with Gasteiger partial charge < -0.3 is 0 Å². The summed E-state index contributed by atoms with van der Waals surface area (Å²) in [5, 5.41) is 0. The highest BCUT2D eigenvalue weighted by Crippen LogP contribution is 2.63. The Hall–Kier alpha value is -1.64. The van der Waals surface area contributed by atoms with Crippen molar-refractivity contribution >= 4 is 17.5 Å². The molecule has 3 heteroatoms. The number of nitrogens with zero attached hydrogens (tertiary/aromatic N) is 1. The average molecular weight is 418 g/mol. The number of carbonyl (C=O) groups excluding carboxylic acids is 2. The fourth-order valence-corrected chi connectivity index (χ4v) is 10.1. The quantitative estimate of drug-likeness (QED) is 0.568. The molecule has 0 spiro atoms. The van der Waals surface area contributed by atoms with E-state index in [-0.39, 0.29) is 22.6 Å². The van der Waals surface area contributed by atoms with Crippen molar-refractivity contribution < 1.29 is 9.59 Å². The lowest BCUT2D eigenvalue weighted by Crippen LogP contribution is -2.60. The van der Waals surface area contributed by atoms with E-state index >= 15 is 0 Å². The van der Waals surface area contributed by atoms with Crippen molar-refractivity contribution in [2.24, 2.45) is 46.3 Å². The largest absolute Gasteiger partial charge is 0.273 e. The fraction of sp³-hybridized carbons (Fsp3) is 0.714. The molecule has 0 saturated heterocycles. The zero-order chi connectivity index (χ0) is 20.8. The van der Waals surface area contributed by atoms with Crippen LogP contribution in [0, 0.1) is 46.3 Å². The topological polar surface area (TPSA) is 37.4 Å². The molecule has 8 aliphatic rings. The highest BCUT2D eigenvalue weighted by Gasteiger charge is 2.60. The zero-order valence-electron chi connectivity index (χ0n) is 18.6. The molecule has 0 radical (unpaired) electrons. The van der Waals surface area contributed by atoms with Crippen molar-refractivity contribution in [1.82, 2.24) is 0 Å². The van der Waals surface area contributed by atoms with Gasteiger partial charge in [0, 0.05) is 0 Å². The lowest BCUT2D eigenvalue weighted by Gasteiger charge is -2.58. The Morgan fingerprint density at radius 2 is 0.903 bits per heavy atom. The van der Waals surface area contributed by atoms with Crippen LogP contribution in [0.4, 0.5) is 5.69 Å². The first kappa shape index (κ1) is 18.9. The van der Waals surface area contributed by atoms with Crippen LogP contribution in [0.25, 0.3) is 0 Å². The maximum absolute atomic E-state index is 14.4. The minimum Gasteiger partial charge on any atom is -0.273 e. The van der Waals surface area contributed by atoms with E-state index in [0.29, 0.717) is 35.5 Å². The second-order valence-corrected chi connectivity index (χ2v) is 12.7. The minimum atomic E-state index is -0.275. The van der Waals surface area contributed by atoms with E-state index in [4.69, 9.17) is 0 Å².